The van der Waals surface area contributed by atoms with Crippen LogP contribution in [0.15, 0.2) is 71.6 Å². The van der Waals surface area contributed by atoms with Crippen LogP contribution in [0.2, 0.25) is 0 Å². The quantitative estimate of drug-likeness (QED) is 0.613. The first kappa shape index (κ1) is 14.8. The molecule has 0 spiro atoms. The Morgan fingerprint density at radius 3 is 2.68 bits per heavy atom. The molecular formula is C18H12N4O3. The second kappa shape index (κ2) is 6.40. The van der Waals surface area contributed by atoms with Crippen molar-refractivity contribution in [2.45, 2.75) is 0 Å². The van der Waals surface area contributed by atoms with E-state index in [2.05, 4.69) is 25.2 Å². The van der Waals surface area contributed by atoms with Gasteiger partial charge in [0.25, 0.3) is 5.91 Å². The molecule has 0 saturated carbocycles. The smallest absolute Gasteiger partial charge is 0.277 e. The lowest BCUT2D eigenvalue weighted by molar-refractivity contribution is 0.101. The number of ether oxygens (including phenoxy) is 1. The van der Waals surface area contributed by atoms with E-state index in [9.17, 15) is 4.79 Å². The fraction of sp³-hybridized carbons (Fsp3) is 0. The molecule has 0 aliphatic rings. The average Bonchev–Trinajstić information content (AvgIpc) is 3.19. The van der Waals surface area contributed by atoms with Crippen molar-refractivity contribution in [1.82, 2.24) is 15.4 Å². The van der Waals surface area contributed by atoms with Crippen LogP contribution in [0.5, 0.6) is 11.6 Å². The van der Waals surface area contributed by atoms with Crippen molar-refractivity contribution in [1.29, 1.82) is 0 Å². The topological polar surface area (TPSA) is 90.1 Å². The normalized spacial score (nSPS) is 10.6. The maximum Gasteiger partial charge on any atom is 0.277 e. The molecule has 0 fully saturated rings. The zero-order chi connectivity index (χ0) is 17.1. The lowest BCUT2D eigenvalue weighted by atomic mass is 10.2. The molecule has 1 amide bonds. The third-order valence-electron chi connectivity index (χ3n) is 3.53. The number of fused-ring (bicyclic) bond motifs is 1. The molecule has 1 N–H and O–H groups in total. The van der Waals surface area contributed by atoms with Gasteiger partial charge >= 0.3 is 0 Å². The third-order valence-corrected chi connectivity index (χ3v) is 3.53. The number of amides is 1. The Morgan fingerprint density at radius 1 is 1.04 bits per heavy atom. The lowest BCUT2D eigenvalue weighted by Gasteiger charge is -2.08. The highest BCUT2D eigenvalue weighted by Gasteiger charge is 2.10. The predicted octanol–water partition coefficient (Wildman–Crippen LogP) is 3.66. The van der Waals surface area contributed by atoms with Crippen molar-refractivity contribution in [3.63, 3.8) is 0 Å². The molecule has 2 aromatic heterocycles. The monoisotopic (exact) mass is 332 g/mol. The molecule has 4 rings (SSSR count). The Kier molecular flexibility index (Phi) is 3.80. The van der Waals surface area contributed by atoms with Crippen LogP contribution in [0.25, 0.3) is 10.8 Å². The predicted molar refractivity (Wildman–Crippen MR) is 90.5 cm³/mol. The van der Waals surface area contributed by atoms with E-state index < -0.39 is 0 Å². The number of carbonyl (C=O) groups is 1. The third kappa shape index (κ3) is 3.16. The summed E-state index contributed by atoms with van der Waals surface area (Å²) in [6.07, 6.45) is 3.03. The molecule has 0 unspecified atom stereocenters. The molecule has 25 heavy (non-hydrogen) atoms. The molecule has 0 radical (unpaired) electrons. The van der Waals surface area contributed by atoms with E-state index in [1.807, 2.05) is 24.3 Å². The van der Waals surface area contributed by atoms with E-state index in [1.54, 1.807) is 30.5 Å². The van der Waals surface area contributed by atoms with E-state index in [-0.39, 0.29) is 11.6 Å². The van der Waals surface area contributed by atoms with E-state index in [0.717, 1.165) is 10.8 Å². The molecule has 7 heteroatoms. The van der Waals surface area contributed by atoms with Crippen molar-refractivity contribution < 1.29 is 14.1 Å². The Balaban J connectivity index is 1.51. The van der Waals surface area contributed by atoms with Crippen molar-refractivity contribution >= 4 is 22.4 Å². The van der Waals surface area contributed by atoms with Crippen molar-refractivity contribution in [3.05, 3.63) is 72.8 Å². The number of carbonyl (C=O) groups excluding carboxylic acids is 1. The minimum atomic E-state index is -0.345. The number of aromatic nitrogens is 3. The lowest BCUT2D eigenvalue weighted by Crippen LogP contribution is -2.11. The van der Waals surface area contributed by atoms with E-state index in [0.29, 0.717) is 17.3 Å². The SMILES string of the molecule is O=C(Nc1ccc(Oc2nncc3ccccc23)cc1)c1ccon1. The van der Waals surface area contributed by atoms with E-state index >= 15 is 0 Å². The number of hydrogen-bond acceptors (Lipinski definition) is 6. The number of nitrogens with zero attached hydrogens (tertiary/aromatic N) is 3. The molecule has 2 aromatic carbocycles. The largest absolute Gasteiger partial charge is 0.437 e. The average molecular weight is 332 g/mol. The highest BCUT2D eigenvalue weighted by atomic mass is 16.5. The molecule has 122 valence electrons. The zero-order valence-electron chi connectivity index (χ0n) is 12.9. The summed E-state index contributed by atoms with van der Waals surface area (Å²) in [5, 5.41) is 16.1. The fourth-order valence-corrected chi connectivity index (χ4v) is 2.32. The van der Waals surface area contributed by atoms with Crippen LogP contribution in [-0.2, 0) is 0 Å². The second-order valence-corrected chi connectivity index (χ2v) is 5.20. The Labute approximate surface area is 142 Å². The maximum absolute atomic E-state index is 11.9. The summed E-state index contributed by atoms with van der Waals surface area (Å²) in [7, 11) is 0. The van der Waals surface area contributed by atoms with Gasteiger partial charge in [0.15, 0.2) is 5.69 Å². The summed E-state index contributed by atoms with van der Waals surface area (Å²) in [6, 6.07) is 16.1. The second-order valence-electron chi connectivity index (χ2n) is 5.20. The molecule has 0 atom stereocenters. The fourth-order valence-electron chi connectivity index (χ4n) is 2.32. The number of benzene rings is 2. The summed E-state index contributed by atoms with van der Waals surface area (Å²) in [6.45, 7) is 0. The molecule has 0 aliphatic heterocycles. The number of hydrogen-bond donors (Lipinski definition) is 1. The van der Waals surface area contributed by atoms with Gasteiger partial charge in [0.05, 0.1) is 6.20 Å². The van der Waals surface area contributed by atoms with Gasteiger partial charge in [-0.2, -0.15) is 5.10 Å². The van der Waals surface area contributed by atoms with Gasteiger partial charge in [0, 0.05) is 22.5 Å². The first-order valence-electron chi connectivity index (χ1n) is 7.50. The number of rotatable bonds is 4. The van der Waals surface area contributed by atoms with Crippen LogP contribution in [0.1, 0.15) is 10.5 Å². The van der Waals surface area contributed by atoms with Crippen LogP contribution in [-0.4, -0.2) is 21.3 Å². The zero-order valence-corrected chi connectivity index (χ0v) is 12.9. The molecule has 4 aromatic rings. The number of nitrogens with one attached hydrogen (secondary N) is 1. The number of anilines is 1. The Bertz CT molecular complexity index is 1010. The molecule has 0 saturated heterocycles. The van der Waals surface area contributed by atoms with Gasteiger partial charge in [-0.1, -0.05) is 23.4 Å². The minimum absolute atomic E-state index is 0.214. The minimum Gasteiger partial charge on any atom is -0.437 e. The van der Waals surface area contributed by atoms with Crippen LogP contribution in [0.3, 0.4) is 0 Å². The molecular weight excluding hydrogens is 320 g/mol. The summed E-state index contributed by atoms with van der Waals surface area (Å²) in [5.74, 6) is 0.671. The van der Waals surface area contributed by atoms with Gasteiger partial charge in [0.2, 0.25) is 5.88 Å². The van der Waals surface area contributed by atoms with Gasteiger partial charge in [-0.15, -0.1) is 5.10 Å². The van der Waals surface area contributed by atoms with Crippen molar-refractivity contribution in [3.8, 4) is 11.6 Å². The van der Waals surface area contributed by atoms with Crippen LogP contribution in [0.4, 0.5) is 5.69 Å². The molecule has 7 nitrogen and oxygen atoms in total. The summed E-state index contributed by atoms with van der Waals surface area (Å²) < 4.78 is 10.5. The van der Waals surface area contributed by atoms with Gasteiger partial charge in [-0.3, -0.25) is 4.79 Å². The van der Waals surface area contributed by atoms with E-state index in [1.165, 1.54) is 12.3 Å². The van der Waals surface area contributed by atoms with Crippen molar-refractivity contribution in [2.75, 3.05) is 5.32 Å². The molecule has 2 heterocycles. The first-order valence-corrected chi connectivity index (χ1v) is 7.50. The van der Waals surface area contributed by atoms with E-state index in [4.69, 9.17) is 4.74 Å². The summed E-state index contributed by atoms with van der Waals surface area (Å²) in [5.41, 5.74) is 0.829. The Hall–Kier alpha value is -3.74. The Morgan fingerprint density at radius 2 is 1.88 bits per heavy atom. The van der Waals surface area contributed by atoms with Crippen molar-refractivity contribution in [2.24, 2.45) is 0 Å². The van der Waals surface area contributed by atoms with Crippen LogP contribution >= 0.6 is 0 Å². The van der Waals surface area contributed by atoms with Gasteiger partial charge < -0.3 is 14.6 Å². The van der Waals surface area contributed by atoms with Gasteiger partial charge in [-0.25, -0.2) is 0 Å². The van der Waals surface area contributed by atoms with Crippen LogP contribution in [0, 0.1) is 0 Å². The maximum atomic E-state index is 11.9. The highest BCUT2D eigenvalue weighted by molar-refractivity contribution is 6.02. The summed E-state index contributed by atoms with van der Waals surface area (Å²) >= 11 is 0. The highest BCUT2D eigenvalue weighted by Crippen LogP contribution is 2.27. The first-order chi connectivity index (χ1) is 12.3. The standard InChI is InChI=1S/C18H12N4O3/c23-17(16-9-10-24-22-16)20-13-5-7-14(8-6-13)25-18-15-4-2-1-3-12(15)11-19-21-18/h1-11H,(H,20,23). The molecule has 0 aliphatic carbocycles. The van der Waals surface area contributed by atoms with Gasteiger partial charge in [0.1, 0.15) is 12.0 Å². The molecule has 0 bridgehead atoms. The van der Waals surface area contributed by atoms with Crippen LogP contribution < -0.4 is 10.1 Å². The summed E-state index contributed by atoms with van der Waals surface area (Å²) in [4.78, 5) is 11.9. The van der Waals surface area contributed by atoms with Gasteiger partial charge in [-0.05, 0) is 30.3 Å².